The Balaban J connectivity index is 1.83. The Morgan fingerprint density at radius 3 is 2.23 bits per heavy atom. The first-order chi connectivity index (χ1) is 10.2. The molecule has 1 aliphatic carbocycles. The molecule has 1 atom stereocenters. The lowest BCUT2D eigenvalue weighted by atomic mass is 10.1. The van der Waals surface area contributed by atoms with Gasteiger partial charge in [0.05, 0.1) is 0 Å². The van der Waals surface area contributed by atoms with Gasteiger partial charge >= 0.3 is 5.97 Å². The molecular formula is C15H15Cl2NO4. The Kier molecular flexibility index (Phi) is 4.49. The molecule has 0 aliphatic heterocycles. The lowest BCUT2D eigenvalue weighted by molar-refractivity contribution is -0.152. The van der Waals surface area contributed by atoms with Crippen LogP contribution in [0.15, 0.2) is 24.3 Å². The molecule has 2 rings (SSSR count). The van der Waals surface area contributed by atoms with E-state index in [0.29, 0.717) is 17.7 Å². The maximum absolute atomic E-state index is 11.8. The normalized spacial score (nSPS) is 21.8. The molecule has 1 saturated carbocycles. The number of hydrogen-bond donors (Lipinski definition) is 1. The van der Waals surface area contributed by atoms with E-state index in [-0.39, 0.29) is 5.78 Å². The molecule has 1 aromatic carbocycles. The van der Waals surface area contributed by atoms with Gasteiger partial charge in [-0.1, -0.05) is 0 Å². The van der Waals surface area contributed by atoms with Crippen molar-refractivity contribution >= 4 is 46.5 Å². The summed E-state index contributed by atoms with van der Waals surface area (Å²) < 4.78 is 3.80. The van der Waals surface area contributed by atoms with Crippen molar-refractivity contribution in [2.45, 2.75) is 24.6 Å². The van der Waals surface area contributed by atoms with E-state index in [9.17, 15) is 14.4 Å². The Morgan fingerprint density at radius 2 is 1.77 bits per heavy atom. The predicted molar refractivity (Wildman–Crippen MR) is 83.2 cm³/mol. The highest BCUT2D eigenvalue weighted by Gasteiger charge is 2.69. The first-order valence-electron chi connectivity index (χ1n) is 6.62. The molecule has 1 aromatic rings. The Bertz CT molecular complexity index is 627. The third-order valence-electron chi connectivity index (χ3n) is 3.62. The van der Waals surface area contributed by atoms with Crippen LogP contribution in [-0.2, 0) is 14.3 Å². The number of ketones is 1. The Labute approximate surface area is 137 Å². The molecule has 1 unspecified atom stereocenters. The summed E-state index contributed by atoms with van der Waals surface area (Å²) in [6.45, 7) is 2.62. The average molecular weight is 344 g/mol. The van der Waals surface area contributed by atoms with Gasteiger partial charge in [-0.25, -0.2) is 0 Å². The van der Waals surface area contributed by atoms with Gasteiger partial charge in [-0.15, -0.1) is 23.2 Å². The fourth-order valence-electron chi connectivity index (χ4n) is 1.90. The molecule has 0 radical (unpaired) electrons. The summed E-state index contributed by atoms with van der Waals surface area (Å²) in [5.74, 6) is -1.14. The highest BCUT2D eigenvalue weighted by atomic mass is 35.5. The summed E-state index contributed by atoms with van der Waals surface area (Å²) in [6.07, 6.45) is 0.302. The Hall–Kier alpha value is -1.59. The van der Waals surface area contributed by atoms with Crippen LogP contribution >= 0.6 is 23.2 Å². The predicted octanol–water partition coefficient (Wildman–Crippen LogP) is 2.95. The first-order valence-corrected chi connectivity index (χ1v) is 7.37. The van der Waals surface area contributed by atoms with Crippen molar-refractivity contribution in [3.63, 3.8) is 0 Å². The molecule has 118 valence electrons. The molecule has 0 saturated heterocycles. The van der Waals surface area contributed by atoms with E-state index in [2.05, 4.69) is 5.32 Å². The topological polar surface area (TPSA) is 72.5 Å². The van der Waals surface area contributed by atoms with E-state index in [1.807, 2.05) is 0 Å². The van der Waals surface area contributed by atoms with Gasteiger partial charge in [0.15, 0.2) is 12.4 Å². The van der Waals surface area contributed by atoms with E-state index in [0.717, 1.165) is 0 Å². The molecule has 0 bridgehead atoms. The third kappa shape index (κ3) is 3.42. The zero-order chi connectivity index (χ0) is 16.5. The van der Waals surface area contributed by atoms with Crippen molar-refractivity contribution in [3.8, 4) is 0 Å². The number of ether oxygens (including phenoxy) is 1. The number of Topliss-reactive ketones (excluding diaryl/α,β-unsaturated/α-hetero) is 1. The van der Waals surface area contributed by atoms with Crippen LogP contribution in [0.1, 0.15) is 30.6 Å². The number of halogens is 2. The summed E-state index contributed by atoms with van der Waals surface area (Å²) in [7, 11) is 0. The minimum atomic E-state index is -1.12. The van der Waals surface area contributed by atoms with E-state index in [4.69, 9.17) is 27.9 Å². The van der Waals surface area contributed by atoms with Crippen molar-refractivity contribution in [2.75, 3.05) is 11.9 Å². The van der Waals surface area contributed by atoms with Crippen LogP contribution in [0.3, 0.4) is 0 Å². The van der Waals surface area contributed by atoms with Gasteiger partial charge in [0.2, 0.25) is 0 Å². The standard InChI is InChI=1S/C15H15Cl2NO4/c1-9(19)10-3-5-11(6-4-10)18-12(20)7-22-13(21)14(2)8-15(14,16)17/h3-6H,7-8H2,1-2H3,(H,18,20). The third-order valence-corrected chi connectivity index (χ3v) is 4.72. The van der Waals surface area contributed by atoms with E-state index < -0.39 is 28.2 Å². The average Bonchev–Trinajstić information content (AvgIpc) is 2.97. The number of alkyl halides is 2. The number of nitrogens with one attached hydrogen (secondary N) is 1. The quantitative estimate of drug-likeness (QED) is 0.506. The molecule has 1 amide bonds. The smallest absolute Gasteiger partial charge is 0.315 e. The summed E-state index contributed by atoms with van der Waals surface area (Å²) in [5.41, 5.74) is 0.0962. The van der Waals surface area contributed by atoms with Gasteiger partial charge in [0.25, 0.3) is 5.91 Å². The van der Waals surface area contributed by atoms with Crippen molar-refractivity contribution in [1.29, 1.82) is 0 Å². The molecule has 5 nitrogen and oxygen atoms in total. The number of amides is 1. The number of esters is 1. The van der Waals surface area contributed by atoms with Crippen molar-refractivity contribution in [3.05, 3.63) is 29.8 Å². The van der Waals surface area contributed by atoms with E-state index in [1.54, 1.807) is 31.2 Å². The second-order valence-corrected chi connectivity index (χ2v) is 6.96. The van der Waals surface area contributed by atoms with Gasteiger partial charge < -0.3 is 10.1 Å². The van der Waals surface area contributed by atoms with Gasteiger partial charge in [0, 0.05) is 17.7 Å². The summed E-state index contributed by atoms with van der Waals surface area (Å²) >= 11 is 11.7. The monoisotopic (exact) mass is 343 g/mol. The molecule has 1 N–H and O–H groups in total. The van der Waals surface area contributed by atoms with Crippen LogP contribution in [0.25, 0.3) is 0 Å². The maximum Gasteiger partial charge on any atom is 0.315 e. The second-order valence-electron chi connectivity index (χ2n) is 5.47. The largest absolute Gasteiger partial charge is 0.455 e. The zero-order valence-electron chi connectivity index (χ0n) is 12.1. The molecule has 0 heterocycles. The number of benzene rings is 1. The Morgan fingerprint density at radius 1 is 1.23 bits per heavy atom. The lowest BCUT2D eigenvalue weighted by Crippen LogP contribution is -2.26. The SMILES string of the molecule is CC(=O)c1ccc(NC(=O)COC(=O)C2(C)CC2(Cl)Cl)cc1. The van der Waals surface area contributed by atoms with Crippen molar-refractivity contribution in [2.24, 2.45) is 5.41 Å². The van der Waals surface area contributed by atoms with Crippen molar-refractivity contribution < 1.29 is 19.1 Å². The van der Waals surface area contributed by atoms with E-state index >= 15 is 0 Å². The van der Waals surface area contributed by atoms with Crippen LogP contribution in [0.5, 0.6) is 0 Å². The molecule has 7 heteroatoms. The fourth-order valence-corrected chi connectivity index (χ4v) is 2.59. The number of carbonyl (C=O) groups is 3. The van der Waals surface area contributed by atoms with Gasteiger partial charge in [0.1, 0.15) is 9.75 Å². The first kappa shape index (κ1) is 16.8. The lowest BCUT2D eigenvalue weighted by Gasteiger charge is -2.12. The minimum absolute atomic E-state index is 0.0601. The van der Waals surface area contributed by atoms with Crippen LogP contribution in [0, 0.1) is 5.41 Å². The van der Waals surface area contributed by atoms with Crippen molar-refractivity contribution in [1.82, 2.24) is 0 Å². The highest BCUT2D eigenvalue weighted by molar-refractivity contribution is 6.53. The van der Waals surface area contributed by atoms with Gasteiger partial charge in [-0.2, -0.15) is 0 Å². The van der Waals surface area contributed by atoms with Crippen LogP contribution in [-0.4, -0.2) is 28.6 Å². The highest BCUT2D eigenvalue weighted by Crippen LogP contribution is 2.64. The second kappa shape index (κ2) is 5.89. The number of rotatable bonds is 5. The molecule has 1 aliphatic rings. The number of anilines is 1. The fraction of sp³-hybridized carbons (Fsp3) is 0.400. The van der Waals surface area contributed by atoms with Crippen LogP contribution in [0.2, 0.25) is 0 Å². The van der Waals surface area contributed by atoms with E-state index in [1.165, 1.54) is 6.92 Å². The maximum atomic E-state index is 11.8. The molecule has 1 fully saturated rings. The molecule has 0 spiro atoms. The van der Waals surface area contributed by atoms with Gasteiger partial charge in [-0.05, 0) is 38.1 Å². The number of carbonyl (C=O) groups excluding carboxylic acids is 3. The minimum Gasteiger partial charge on any atom is -0.455 e. The summed E-state index contributed by atoms with van der Waals surface area (Å²) in [5, 5.41) is 2.56. The molecule has 0 aromatic heterocycles. The summed E-state index contributed by atoms with van der Waals surface area (Å²) in [4.78, 5) is 34.7. The molecule has 22 heavy (non-hydrogen) atoms. The zero-order valence-corrected chi connectivity index (χ0v) is 13.6. The molecular weight excluding hydrogens is 329 g/mol. The number of hydrogen-bond acceptors (Lipinski definition) is 4. The van der Waals surface area contributed by atoms with Gasteiger partial charge in [-0.3, -0.25) is 14.4 Å². The van der Waals surface area contributed by atoms with Crippen LogP contribution < -0.4 is 5.32 Å². The summed E-state index contributed by atoms with van der Waals surface area (Å²) in [6, 6.07) is 6.40. The van der Waals surface area contributed by atoms with Crippen LogP contribution in [0.4, 0.5) is 5.69 Å².